The Balaban J connectivity index is 3.68. The van der Waals surface area contributed by atoms with Gasteiger partial charge in [-0.05, 0) is 50.6 Å². The molecule has 128 valence electrons. The fourth-order valence-corrected chi connectivity index (χ4v) is 3.15. The van der Waals surface area contributed by atoms with Crippen molar-refractivity contribution in [3.63, 3.8) is 0 Å². The van der Waals surface area contributed by atoms with Crippen LogP contribution in [0.15, 0.2) is 0 Å². The van der Waals surface area contributed by atoms with Crippen LogP contribution in [-0.2, 0) is 0 Å². The zero-order valence-corrected chi connectivity index (χ0v) is 15.2. The lowest BCUT2D eigenvalue weighted by atomic mass is 9.89. The first-order chi connectivity index (χ1) is 10.2. The largest absolute Gasteiger partial charge is 0.393 e. The van der Waals surface area contributed by atoms with Crippen molar-refractivity contribution in [2.75, 3.05) is 13.1 Å². The standard InChI is InChI=1S/C19H41NO/c1-5-17(14-11-15-20-8-4)12-9-10-13-18(6-2)16-19(21)7-3/h17-21H,5-16H2,1-4H3/t17?,18?,19-/m1/s1. The molecule has 2 N–H and O–H groups in total. The fourth-order valence-electron chi connectivity index (χ4n) is 3.15. The molecule has 0 heterocycles. The molecule has 0 aliphatic rings. The SMILES string of the molecule is CCNCCCC(CC)CCCCC(CC)C[C@H](O)CC. The Kier molecular flexibility index (Phi) is 14.8. The highest BCUT2D eigenvalue weighted by Crippen LogP contribution is 2.23. The number of nitrogens with one attached hydrogen (secondary N) is 1. The lowest BCUT2D eigenvalue weighted by molar-refractivity contribution is 0.133. The lowest BCUT2D eigenvalue weighted by Crippen LogP contribution is -2.15. The van der Waals surface area contributed by atoms with Crippen molar-refractivity contribution in [1.29, 1.82) is 0 Å². The van der Waals surface area contributed by atoms with E-state index in [-0.39, 0.29) is 6.10 Å². The van der Waals surface area contributed by atoms with Crippen LogP contribution in [-0.4, -0.2) is 24.3 Å². The quantitative estimate of drug-likeness (QED) is 0.410. The maximum Gasteiger partial charge on any atom is 0.0540 e. The Bertz CT molecular complexity index is 208. The van der Waals surface area contributed by atoms with E-state index in [1.807, 2.05) is 0 Å². The van der Waals surface area contributed by atoms with Gasteiger partial charge in [0.15, 0.2) is 0 Å². The molecule has 21 heavy (non-hydrogen) atoms. The number of aliphatic hydroxyl groups excluding tert-OH is 1. The Hall–Kier alpha value is -0.0800. The van der Waals surface area contributed by atoms with Crippen LogP contribution in [0.25, 0.3) is 0 Å². The van der Waals surface area contributed by atoms with Crippen LogP contribution in [0.4, 0.5) is 0 Å². The molecule has 0 radical (unpaired) electrons. The first-order valence-electron chi connectivity index (χ1n) is 9.56. The third-order valence-electron chi connectivity index (χ3n) is 4.92. The highest BCUT2D eigenvalue weighted by atomic mass is 16.3. The van der Waals surface area contributed by atoms with Gasteiger partial charge in [0.05, 0.1) is 6.10 Å². The first-order valence-corrected chi connectivity index (χ1v) is 9.56. The Morgan fingerprint density at radius 1 is 0.762 bits per heavy atom. The van der Waals surface area contributed by atoms with Crippen LogP contribution >= 0.6 is 0 Å². The molecule has 0 saturated carbocycles. The number of aliphatic hydroxyl groups is 1. The van der Waals surface area contributed by atoms with Crippen molar-refractivity contribution < 1.29 is 5.11 Å². The van der Waals surface area contributed by atoms with Crippen molar-refractivity contribution in [1.82, 2.24) is 5.32 Å². The number of rotatable bonds is 15. The highest BCUT2D eigenvalue weighted by Gasteiger charge is 2.12. The molecule has 2 unspecified atom stereocenters. The average molecular weight is 300 g/mol. The summed E-state index contributed by atoms with van der Waals surface area (Å²) < 4.78 is 0. The molecule has 0 aromatic rings. The molecule has 0 aliphatic heterocycles. The van der Waals surface area contributed by atoms with Gasteiger partial charge in [-0.3, -0.25) is 0 Å². The van der Waals surface area contributed by atoms with Gasteiger partial charge in [-0.2, -0.15) is 0 Å². The van der Waals surface area contributed by atoms with Crippen molar-refractivity contribution in [2.24, 2.45) is 11.8 Å². The van der Waals surface area contributed by atoms with E-state index in [9.17, 15) is 5.11 Å². The van der Waals surface area contributed by atoms with Crippen molar-refractivity contribution in [3.05, 3.63) is 0 Å². The molecule has 0 aliphatic carbocycles. The molecule has 0 aromatic carbocycles. The van der Waals surface area contributed by atoms with E-state index >= 15 is 0 Å². The van der Waals surface area contributed by atoms with Gasteiger partial charge in [0, 0.05) is 0 Å². The minimum absolute atomic E-state index is 0.0793. The van der Waals surface area contributed by atoms with E-state index in [2.05, 4.69) is 33.0 Å². The van der Waals surface area contributed by atoms with E-state index in [0.29, 0.717) is 0 Å². The summed E-state index contributed by atoms with van der Waals surface area (Å²) in [7, 11) is 0. The number of unbranched alkanes of at least 4 members (excludes halogenated alkanes) is 1. The fraction of sp³-hybridized carbons (Fsp3) is 1.00. The second kappa shape index (κ2) is 14.8. The van der Waals surface area contributed by atoms with Gasteiger partial charge >= 0.3 is 0 Å². The summed E-state index contributed by atoms with van der Waals surface area (Å²) in [5.41, 5.74) is 0. The van der Waals surface area contributed by atoms with Crippen LogP contribution in [0.5, 0.6) is 0 Å². The predicted molar refractivity (Wildman–Crippen MR) is 94.7 cm³/mol. The minimum atomic E-state index is -0.0793. The van der Waals surface area contributed by atoms with Gasteiger partial charge in [-0.25, -0.2) is 0 Å². The van der Waals surface area contributed by atoms with Gasteiger partial charge in [-0.1, -0.05) is 66.2 Å². The summed E-state index contributed by atoms with van der Waals surface area (Å²) in [6.45, 7) is 11.1. The molecule has 2 nitrogen and oxygen atoms in total. The molecule has 0 amide bonds. The first kappa shape index (κ1) is 20.9. The molecular weight excluding hydrogens is 258 g/mol. The minimum Gasteiger partial charge on any atom is -0.393 e. The zero-order chi connectivity index (χ0) is 15.9. The van der Waals surface area contributed by atoms with Gasteiger partial charge in [0.2, 0.25) is 0 Å². The predicted octanol–water partition coefficient (Wildman–Crippen LogP) is 5.15. The molecule has 0 spiro atoms. The third kappa shape index (κ3) is 12.2. The second-order valence-corrected chi connectivity index (χ2v) is 6.63. The lowest BCUT2D eigenvalue weighted by Gasteiger charge is -2.19. The van der Waals surface area contributed by atoms with Crippen molar-refractivity contribution in [3.8, 4) is 0 Å². The van der Waals surface area contributed by atoms with E-state index in [4.69, 9.17) is 0 Å². The Morgan fingerprint density at radius 3 is 1.86 bits per heavy atom. The topological polar surface area (TPSA) is 32.3 Å². The van der Waals surface area contributed by atoms with Crippen molar-refractivity contribution in [2.45, 2.75) is 98.0 Å². The number of hydrogen-bond acceptors (Lipinski definition) is 2. The third-order valence-corrected chi connectivity index (χ3v) is 4.92. The molecule has 0 saturated heterocycles. The Morgan fingerprint density at radius 2 is 1.33 bits per heavy atom. The molecule has 3 atom stereocenters. The molecular formula is C19H41NO. The van der Waals surface area contributed by atoms with Crippen LogP contribution in [0.1, 0.15) is 91.9 Å². The van der Waals surface area contributed by atoms with Crippen LogP contribution in [0.3, 0.4) is 0 Å². The molecule has 0 bridgehead atoms. The monoisotopic (exact) mass is 299 g/mol. The van der Waals surface area contributed by atoms with Crippen molar-refractivity contribution >= 4 is 0 Å². The Labute approximate surface area is 134 Å². The van der Waals surface area contributed by atoms with E-state index < -0.39 is 0 Å². The summed E-state index contributed by atoms with van der Waals surface area (Å²) in [6, 6.07) is 0. The van der Waals surface area contributed by atoms with E-state index in [0.717, 1.165) is 31.2 Å². The summed E-state index contributed by atoms with van der Waals surface area (Å²) in [4.78, 5) is 0. The van der Waals surface area contributed by atoms with Crippen LogP contribution < -0.4 is 5.32 Å². The van der Waals surface area contributed by atoms with Crippen LogP contribution in [0.2, 0.25) is 0 Å². The molecule has 0 aromatic heterocycles. The average Bonchev–Trinajstić information content (AvgIpc) is 2.51. The van der Waals surface area contributed by atoms with Crippen LogP contribution in [0, 0.1) is 11.8 Å². The zero-order valence-electron chi connectivity index (χ0n) is 15.2. The normalized spacial score (nSPS) is 15.9. The number of hydrogen-bond donors (Lipinski definition) is 2. The van der Waals surface area contributed by atoms with E-state index in [1.165, 1.54) is 57.9 Å². The van der Waals surface area contributed by atoms with E-state index in [1.54, 1.807) is 0 Å². The summed E-state index contributed by atoms with van der Waals surface area (Å²) in [5.74, 6) is 1.65. The highest BCUT2D eigenvalue weighted by molar-refractivity contribution is 4.65. The van der Waals surface area contributed by atoms with Gasteiger partial charge in [0.25, 0.3) is 0 Å². The molecule has 0 rings (SSSR count). The smallest absolute Gasteiger partial charge is 0.0540 e. The summed E-state index contributed by atoms with van der Waals surface area (Å²) >= 11 is 0. The van der Waals surface area contributed by atoms with Gasteiger partial charge < -0.3 is 10.4 Å². The second-order valence-electron chi connectivity index (χ2n) is 6.63. The molecule has 0 fully saturated rings. The maximum absolute atomic E-state index is 9.78. The molecule has 2 heteroatoms. The maximum atomic E-state index is 9.78. The van der Waals surface area contributed by atoms with Gasteiger partial charge in [0.1, 0.15) is 0 Å². The summed E-state index contributed by atoms with van der Waals surface area (Å²) in [5, 5.41) is 13.2. The van der Waals surface area contributed by atoms with Gasteiger partial charge in [-0.15, -0.1) is 0 Å². The summed E-state index contributed by atoms with van der Waals surface area (Å²) in [6.07, 6.45) is 12.5.